The quantitative estimate of drug-likeness (QED) is 0.683. The number of hydrogen-bond donors (Lipinski definition) is 1. The molecule has 2 aromatic carbocycles. The summed E-state index contributed by atoms with van der Waals surface area (Å²) >= 11 is 0. The van der Waals surface area contributed by atoms with E-state index in [9.17, 15) is 13.2 Å². The summed E-state index contributed by atoms with van der Waals surface area (Å²) in [5.74, 6) is 1.21. The van der Waals surface area contributed by atoms with Gasteiger partial charge in [0.05, 0.1) is 32.2 Å². The van der Waals surface area contributed by atoms with Crippen LogP contribution in [0.3, 0.4) is 0 Å². The van der Waals surface area contributed by atoms with E-state index >= 15 is 0 Å². The van der Waals surface area contributed by atoms with Gasteiger partial charge in [0.15, 0.2) is 17.6 Å². The zero-order chi connectivity index (χ0) is 21.7. The molecule has 0 saturated carbocycles. The maximum Gasteiger partial charge on any atom is 0.263 e. The Labute approximate surface area is 176 Å². The van der Waals surface area contributed by atoms with E-state index in [2.05, 4.69) is 5.32 Å². The van der Waals surface area contributed by atoms with Gasteiger partial charge in [0.2, 0.25) is 10.0 Å². The van der Waals surface area contributed by atoms with Crippen molar-refractivity contribution >= 4 is 21.6 Å². The molecule has 1 aliphatic rings. The molecule has 1 aliphatic heterocycles. The fourth-order valence-corrected chi connectivity index (χ4v) is 4.36. The Bertz CT molecular complexity index is 1010. The van der Waals surface area contributed by atoms with Gasteiger partial charge in [-0.1, -0.05) is 18.2 Å². The second-order valence-electron chi connectivity index (χ2n) is 6.74. The van der Waals surface area contributed by atoms with E-state index in [4.69, 9.17) is 14.2 Å². The average molecular weight is 435 g/mol. The molecule has 0 unspecified atom stereocenters. The Morgan fingerprint density at radius 1 is 1.17 bits per heavy atom. The van der Waals surface area contributed by atoms with Crippen molar-refractivity contribution < 1.29 is 27.4 Å². The van der Waals surface area contributed by atoms with Crippen LogP contribution >= 0.6 is 0 Å². The Morgan fingerprint density at radius 3 is 2.60 bits per heavy atom. The van der Waals surface area contributed by atoms with Crippen molar-refractivity contribution in [1.29, 1.82) is 0 Å². The number of nitrogens with zero attached hydrogens (tertiary/aromatic N) is 1. The van der Waals surface area contributed by atoms with Crippen LogP contribution in [0.2, 0.25) is 0 Å². The highest BCUT2D eigenvalue weighted by Gasteiger charge is 2.35. The molecule has 0 radical (unpaired) electrons. The molecule has 0 spiro atoms. The molecule has 1 atom stereocenters. The van der Waals surface area contributed by atoms with Gasteiger partial charge in [-0.05, 0) is 43.2 Å². The van der Waals surface area contributed by atoms with Crippen molar-refractivity contribution in [3.63, 3.8) is 0 Å². The molecule has 0 aliphatic carbocycles. The zero-order valence-corrected chi connectivity index (χ0v) is 18.1. The molecule has 1 N–H and O–H groups in total. The summed E-state index contributed by atoms with van der Waals surface area (Å²) in [5, 5.41) is 2.83. The number of carbonyl (C=O) groups excluding carboxylic acids is 1. The number of nitrogens with one attached hydrogen (secondary N) is 1. The molecule has 1 amide bonds. The van der Waals surface area contributed by atoms with Gasteiger partial charge in [-0.25, -0.2) is 8.42 Å². The standard InChI is InChI=1S/C21H26N2O6S/c1-4-30(25,26)23-14-20(29-17-8-6-5-7-16(17)23)21(24)22-12-11-15-9-10-18(27-2)19(13-15)28-3/h5-10,13,20H,4,11-12,14H2,1-3H3,(H,22,24)/t20-/m1/s1. The lowest BCUT2D eigenvalue weighted by Gasteiger charge is -2.34. The van der Waals surface area contributed by atoms with Gasteiger partial charge in [-0.3, -0.25) is 9.10 Å². The lowest BCUT2D eigenvalue weighted by Crippen LogP contribution is -2.51. The van der Waals surface area contributed by atoms with E-state index in [0.717, 1.165) is 5.56 Å². The molecular formula is C21H26N2O6S. The third-order valence-electron chi connectivity index (χ3n) is 4.89. The number of carbonyl (C=O) groups is 1. The first-order valence-corrected chi connectivity index (χ1v) is 11.2. The summed E-state index contributed by atoms with van der Waals surface area (Å²) in [6, 6.07) is 12.4. The van der Waals surface area contributed by atoms with E-state index in [1.54, 1.807) is 45.4 Å². The third kappa shape index (κ3) is 4.62. The largest absolute Gasteiger partial charge is 0.493 e. The van der Waals surface area contributed by atoms with Crippen molar-refractivity contribution in [3.8, 4) is 17.2 Å². The number of benzene rings is 2. The molecule has 30 heavy (non-hydrogen) atoms. The number of sulfonamides is 1. The molecule has 8 nitrogen and oxygen atoms in total. The molecule has 3 rings (SSSR count). The van der Waals surface area contributed by atoms with Gasteiger partial charge in [0, 0.05) is 6.54 Å². The summed E-state index contributed by atoms with van der Waals surface area (Å²) < 4.78 is 42.6. The van der Waals surface area contributed by atoms with Crippen molar-refractivity contribution in [2.75, 3.05) is 37.4 Å². The predicted octanol–water partition coefficient (Wildman–Crippen LogP) is 1.98. The molecule has 0 bridgehead atoms. The maximum atomic E-state index is 12.7. The first kappa shape index (κ1) is 21.8. The van der Waals surface area contributed by atoms with Gasteiger partial charge < -0.3 is 19.5 Å². The highest BCUT2D eigenvalue weighted by atomic mass is 32.2. The molecule has 1 heterocycles. The van der Waals surface area contributed by atoms with Crippen LogP contribution < -0.4 is 23.8 Å². The van der Waals surface area contributed by atoms with Gasteiger partial charge in [-0.15, -0.1) is 0 Å². The summed E-state index contributed by atoms with van der Waals surface area (Å²) in [7, 11) is -0.393. The van der Waals surface area contributed by atoms with Crippen LogP contribution in [-0.4, -0.2) is 53.5 Å². The van der Waals surface area contributed by atoms with E-state index in [1.807, 2.05) is 18.2 Å². The Kier molecular flexibility index (Phi) is 6.71. The lowest BCUT2D eigenvalue weighted by molar-refractivity contribution is -0.127. The molecule has 2 aromatic rings. The number of anilines is 1. The van der Waals surface area contributed by atoms with Crippen LogP contribution in [-0.2, 0) is 21.2 Å². The maximum absolute atomic E-state index is 12.7. The third-order valence-corrected chi connectivity index (χ3v) is 6.64. The minimum absolute atomic E-state index is 0.0601. The number of rotatable bonds is 8. The highest BCUT2D eigenvalue weighted by Crippen LogP contribution is 2.35. The van der Waals surface area contributed by atoms with E-state index < -0.39 is 16.1 Å². The van der Waals surface area contributed by atoms with Crippen LogP contribution in [0.5, 0.6) is 17.2 Å². The number of fused-ring (bicyclic) bond motifs is 1. The summed E-state index contributed by atoms with van der Waals surface area (Å²) in [6.45, 7) is 1.89. The summed E-state index contributed by atoms with van der Waals surface area (Å²) in [6.07, 6.45) is -0.349. The molecular weight excluding hydrogens is 408 g/mol. The van der Waals surface area contributed by atoms with E-state index in [1.165, 1.54) is 4.31 Å². The molecule has 9 heteroatoms. The average Bonchev–Trinajstić information content (AvgIpc) is 2.77. The first-order chi connectivity index (χ1) is 14.4. The SMILES string of the molecule is CCS(=O)(=O)N1C[C@H](C(=O)NCCc2ccc(OC)c(OC)c2)Oc2ccccc21. The molecule has 0 aromatic heterocycles. The van der Waals surface area contributed by atoms with Gasteiger partial charge in [0.25, 0.3) is 5.91 Å². The normalized spacial score (nSPS) is 15.7. The van der Waals surface area contributed by atoms with Crippen molar-refractivity contribution in [1.82, 2.24) is 5.32 Å². The number of amides is 1. The zero-order valence-electron chi connectivity index (χ0n) is 17.3. The van der Waals surface area contributed by atoms with Crippen molar-refractivity contribution in [2.24, 2.45) is 0 Å². The van der Waals surface area contributed by atoms with Crippen LogP contribution in [0, 0.1) is 0 Å². The first-order valence-electron chi connectivity index (χ1n) is 9.64. The van der Waals surface area contributed by atoms with Crippen molar-refractivity contribution in [3.05, 3.63) is 48.0 Å². The lowest BCUT2D eigenvalue weighted by atomic mass is 10.1. The van der Waals surface area contributed by atoms with Gasteiger partial charge >= 0.3 is 0 Å². The number of para-hydroxylation sites is 2. The Morgan fingerprint density at radius 2 is 1.90 bits per heavy atom. The van der Waals surface area contributed by atoms with Gasteiger partial charge in [-0.2, -0.15) is 0 Å². The van der Waals surface area contributed by atoms with E-state index in [0.29, 0.717) is 35.9 Å². The molecule has 0 fully saturated rings. The van der Waals surface area contributed by atoms with Crippen LogP contribution in [0.15, 0.2) is 42.5 Å². The number of methoxy groups -OCH3 is 2. The predicted molar refractivity (Wildman–Crippen MR) is 114 cm³/mol. The summed E-state index contributed by atoms with van der Waals surface area (Å²) in [5.41, 5.74) is 1.42. The van der Waals surface area contributed by atoms with Gasteiger partial charge in [0.1, 0.15) is 5.75 Å². The second kappa shape index (κ2) is 9.25. The molecule has 162 valence electrons. The van der Waals surface area contributed by atoms with Crippen LogP contribution in [0.1, 0.15) is 12.5 Å². The van der Waals surface area contributed by atoms with Crippen molar-refractivity contribution in [2.45, 2.75) is 19.4 Å². The molecule has 0 saturated heterocycles. The minimum Gasteiger partial charge on any atom is -0.493 e. The van der Waals surface area contributed by atoms with Crippen LogP contribution in [0.25, 0.3) is 0 Å². The Hall–Kier alpha value is -2.94. The highest BCUT2D eigenvalue weighted by molar-refractivity contribution is 7.92. The summed E-state index contributed by atoms with van der Waals surface area (Å²) in [4.78, 5) is 12.7. The second-order valence-corrected chi connectivity index (χ2v) is 8.92. The number of hydrogen-bond acceptors (Lipinski definition) is 6. The fraction of sp³-hybridized carbons (Fsp3) is 0.381. The smallest absolute Gasteiger partial charge is 0.263 e. The van der Waals surface area contributed by atoms with E-state index in [-0.39, 0.29) is 18.2 Å². The minimum atomic E-state index is -3.53. The number of ether oxygens (including phenoxy) is 3. The topological polar surface area (TPSA) is 94.2 Å². The van der Waals surface area contributed by atoms with Crippen LogP contribution in [0.4, 0.5) is 5.69 Å². The fourth-order valence-electron chi connectivity index (χ4n) is 3.24. The monoisotopic (exact) mass is 434 g/mol. The Balaban J connectivity index is 1.66.